The number of aliphatic hydroxyl groups is 1. The number of hydrogen-bond donors (Lipinski definition) is 1. The summed E-state index contributed by atoms with van der Waals surface area (Å²) in [5.74, 6) is 0.609. The van der Waals surface area contributed by atoms with Crippen LogP contribution in [0, 0.1) is 0 Å². The molecule has 24 heavy (non-hydrogen) atoms. The van der Waals surface area contributed by atoms with Crippen LogP contribution in [-0.2, 0) is 13.2 Å². The zero-order valence-corrected chi connectivity index (χ0v) is 13.4. The molecule has 0 bridgehead atoms. The molecule has 2 heterocycles. The zero-order chi connectivity index (χ0) is 16.5. The molecule has 0 unspecified atom stereocenters. The third-order valence-electron chi connectivity index (χ3n) is 3.83. The quantitative estimate of drug-likeness (QED) is 0.620. The van der Waals surface area contributed by atoms with E-state index in [0.29, 0.717) is 17.4 Å². The Morgan fingerprint density at radius 3 is 2.62 bits per heavy atom. The van der Waals surface area contributed by atoms with Gasteiger partial charge in [-0.05, 0) is 36.4 Å². The van der Waals surface area contributed by atoms with E-state index in [1.807, 2.05) is 59.3 Å². The molecule has 0 fully saturated rings. The highest BCUT2D eigenvalue weighted by molar-refractivity contribution is 6.30. The molecule has 0 spiro atoms. The number of aliphatic hydroxyl groups excluding tert-OH is 1. The second kappa shape index (κ2) is 6.07. The number of halogens is 1. The molecule has 4 rings (SSSR count). The summed E-state index contributed by atoms with van der Waals surface area (Å²) in [6, 6.07) is 15.2. The van der Waals surface area contributed by atoms with Crippen molar-refractivity contribution in [2.45, 2.75) is 13.2 Å². The van der Waals surface area contributed by atoms with Gasteiger partial charge in [0.2, 0.25) is 0 Å². The fraction of sp³-hybridized carbons (Fsp3) is 0.118. The maximum absolute atomic E-state index is 9.57. The molecule has 0 radical (unpaired) electrons. The Morgan fingerprint density at radius 2 is 1.83 bits per heavy atom. The summed E-state index contributed by atoms with van der Waals surface area (Å²) in [6.07, 6.45) is 1.86. The van der Waals surface area contributed by atoms with Crippen molar-refractivity contribution in [3.63, 3.8) is 0 Å². The normalized spacial score (nSPS) is 11.2. The summed E-state index contributed by atoms with van der Waals surface area (Å²) in [7, 11) is 0. The highest BCUT2D eigenvalue weighted by Crippen LogP contribution is 2.18. The second-order valence-electron chi connectivity index (χ2n) is 5.39. The summed E-state index contributed by atoms with van der Waals surface area (Å²) < 4.78 is 3.65. The van der Waals surface area contributed by atoms with E-state index in [0.717, 1.165) is 22.4 Å². The fourth-order valence-electron chi connectivity index (χ4n) is 2.68. The molecule has 1 N–H and O–H groups in total. The number of fused-ring (bicyclic) bond motifs is 1. The molecule has 2 aromatic carbocycles. The number of hydrogen-bond acceptors (Lipinski definition) is 4. The van der Waals surface area contributed by atoms with Crippen LogP contribution in [0.4, 0.5) is 0 Å². The van der Waals surface area contributed by atoms with Gasteiger partial charge in [0.05, 0.1) is 29.5 Å². The number of nitrogens with zero attached hydrogens (tertiary/aromatic N) is 5. The third kappa shape index (κ3) is 2.66. The van der Waals surface area contributed by atoms with Crippen molar-refractivity contribution in [3.05, 3.63) is 71.3 Å². The second-order valence-corrected chi connectivity index (χ2v) is 5.83. The lowest BCUT2D eigenvalue weighted by Crippen LogP contribution is -2.05. The molecule has 0 saturated carbocycles. The van der Waals surface area contributed by atoms with Gasteiger partial charge >= 0.3 is 0 Å². The Balaban J connectivity index is 1.68. The average Bonchev–Trinajstić information content (AvgIpc) is 3.21. The van der Waals surface area contributed by atoms with E-state index >= 15 is 0 Å². The molecule has 0 saturated heterocycles. The summed E-state index contributed by atoms with van der Waals surface area (Å²) in [6.45, 7) is 0.365. The Hall–Kier alpha value is -2.70. The molecule has 120 valence electrons. The van der Waals surface area contributed by atoms with Gasteiger partial charge in [-0.25, -0.2) is 9.67 Å². The van der Waals surface area contributed by atoms with Gasteiger partial charge in [-0.15, -0.1) is 5.10 Å². The number of rotatable bonds is 4. The van der Waals surface area contributed by atoms with Gasteiger partial charge in [-0.1, -0.05) is 28.9 Å². The largest absolute Gasteiger partial charge is 0.388 e. The molecule has 4 aromatic rings. The van der Waals surface area contributed by atoms with Crippen LogP contribution in [0.25, 0.3) is 16.7 Å². The Labute approximate surface area is 142 Å². The zero-order valence-electron chi connectivity index (χ0n) is 12.7. The first-order valence-corrected chi connectivity index (χ1v) is 7.84. The summed E-state index contributed by atoms with van der Waals surface area (Å²) in [5.41, 5.74) is 3.48. The summed E-state index contributed by atoms with van der Waals surface area (Å²) in [4.78, 5) is 4.45. The first-order chi connectivity index (χ1) is 11.7. The standard InChI is InChI=1S/C17H14ClN5O/c18-12-5-7-14(8-6-12)23-10-13(20-21-23)9-22-16-4-2-1-3-15(16)19-17(22)11-24/h1-8,10,24H,9,11H2. The SMILES string of the molecule is OCc1nc2ccccc2n1Cc1cn(-c2ccc(Cl)cc2)nn1. The fourth-order valence-corrected chi connectivity index (χ4v) is 2.80. The van der Waals surface area contributed by atoms with Crippen molar-refractivity contribution in [1.82, 2.24) is 24.5 Å². The first kappa shape index (κ1) is 14.9. The van der Waals surface area contributed by atoms with Gasteiger partial charge in [0.1, 0.15) is 18.1 Å². The monoisotopic (exact) mass is 339 g/mol. The van der Waals surface area contributed by atoms with E-state index in [1.165, 1.54) is 0 Å². The number of imidazole rings is 1. The molecule has 0 aliphatic carbocycles. The van der Waals surface area contributed by atoms with Crippen LogP contribution in [-0.4, -0.2) is 29.7 Å². The van der Waals surface area contributed by atoms with Crippen molar-refractivity contribution in [2.24, 2.45) is 0 Å². The predicted molar refractivity (Wildman–Crippen MR) is 91.1 cm³/mol. The average molecular weight is 340 g/mol. The van der Waals surface area contributed by atoms with Crippen LogP contribution >= 0.6 is 11.6 Å². The Bertz CT molecular complexity index is 990. The van der Waals surface area contributed by atoms with Gasteiger partial charge < -0.3 is 9.67 Å². The van der Waals surface area contributed by atoms with Crippen molar-refractivity contribution < 1.29 is 5.11 Å². The lowest BCUT2D eigenvalue weighted by Gasteiger charge is -2.05. The lowest BCUT2D eigenvalue weighted by molar-refractivity contribution is 0.267. The van der Waals surface area contributed by atoms with Crippen molar-refractivity contribution in [1.29, 1.82) is 0 Å². The van der Waals surface area contributed by atoms with Crippen molar-refractivity contribution in [2.75, 3.05) is 0 Å². The van der Waals surface area contributed by atoms with Gasteiger partial charge in [0.15, 0.2) is 0 Å². The van der Waals surface area contributed by atoms with Gasteiger partial charge in [-0.2, -0.15) is 0 Å². The molecule has 2 aromatic heterocycles. The minimum atomic E-state index is -0.125. The van der Waals surface area contributed by atoms with E-state index in [1.54, 1.807) is 4.68 Å². The van der Waals surface area contributed by atoms with Crippen molar-refractivity contribution >= 4 is 22.6 Å². The molecular formula is C17H14ClN5O. The maximum Gasteiger partial charge on any atom is 0.136 e. The van der Waals surface area contributed by atoms with Crippen LogP contribution in [0.2, 0.25) is 5.02 Å². The number of aromatic nitrogens is 5. The molecule has 0 aliphatic heterocycles. The highest BCUT2D eigenvalue weighted by Gasteiger charge is 2.12. The molecule has 0 aliphatic rings. The minimum absolute atomic E-state index is 0.125. The number of benzene rings is 2. The molecule has 7 heteroatoms. The maximum atomic E-state index is 9.57. The van der Waals surface area contributed by atoms with Gasteiger partial charge in [-0.3, -0.25) is 0 Å². The van der Waals surface area contributed by atoms with Gasteiger partial charge in [0.25, 0.3) is 0 Å². The minimum Gasteiger partial charge on any atom is -0.388 e. The topological polar surface area (TPSA) is 68.8 Å². The van der Waals surface area contributed by atoms with E-state index in [4.69, 9.17) is 11.6 Å². The third-order valence-corrected chi connectivity index (χ3v) is 4.08. The first-order valence-electron chi connectivity index (χ1n) is 7.47. The molecular weight excluding hydrogens is 326 g/mol. The Kier molecular flexibility index (Phi) is 3.76. The predicted octanol–water partition coefficient (Wildman–Crippen LogP) is 2.81. The van der Waals surface area contributed by atoms with Crippen LogP contribution in [0.1, 0.15) is 11.5 Å². The van der Waals surface area contributed by atoms with Crippen LogP contribution in [0.3, 0.4) is 0 Å². The molecule has 6 nitrogen and oxygen atoms in total. The highest BCUT2D eigenvalue weighted by atomic mass is 35.5. The summed E-state index contributed by atoms with van der Waals surface area (Å²) >= 11 is 5.91. The van der Waals surface area contributed by atoms with Crippen LogP contribution in [0.15, 0.2) is 54.7 Å². The smallest absolute Gasteiger partial charge is 0.136 e. The van der Waals surface area contributed by atoms with Gasteiger partial charge in [0, 0.05) is 5.02 Å². The lowest BCUT2D eigenvalue weighted by atomic mass is 10.3. The van der Waals surface area contributed by atoms with E-state index in [-0.39, 0.29) is 6.61 Å². The van der Waals surface area contributed by atoms with E-state index in [9.17, 15) is 5.11 Å². The van der Waals surface area contributed by atoms with Crippen LogP contribution < -0.4 is 0 Å². The molecule has 0 atom stereocenters. The number of para-hydroxylation sites is 2. The van der Waals surface area contributed by atoms with Crippen molar-refractivity contribution in [3.8, 4) is 5.69 Å². The van der Waals surface area contributed by atoms with E-state index in [2.05, 4.69) is 15.3 Å². The molecule has 0 amide bonds. The van der Waals surface area contributed by atoms with Crippen LogP contribution in [0.5, 0.6) is 0 Å². The summed E-state index contributed by atoms with van der Waals surface area (Å²) in [5, 5.41) is 18.6. The van der Waals surface area contributed by atoms with E-state index < -0.39 is 0 Å². The Morgan fingerprint density at radius 1 is 1.04 bits per heavy atom.